The van der Waals surface area contributed by atoms with Crippen LogP contribution in [0.2, 0.25) is 0 Å². The first kappa shape index (κ1) is 16.1. The highest BCUT2D eigenvalue weighted by Crippen LogP contribution is 2.46. The zero-order valence-electron chi connectivity index (χ0n) is 14.4. The van der Waals surface area contributed by atoms with Crippen LogP contribution < -0.4 is 0 Å². The van der Waals surface area contributed by atoms with Crippen molar-refractivity contribution in [3.63, 3.8) is 0 Å². The number of carbonyl (C=O) groups excluding carboxylic acids is 1. The molecule has 24 heavy (non-hydrogen) atoms. The van der Waals surface area contributed by atoms with Gasteiger partial charge in [0.1, 0.15) is 0 Å². The molecule has 4 nitrogen and oxygen atoms in total. The molecule has 2 fully saturated rings. The van der Waals surface area contributed by atoms with Crippen molar-refractivity contribution in [1.82, 2.24) is 4.90 Å². The second kappa shape index (κ2) is 6.16. The van der Waals surface area contributed by atoms with Crippen molar-refractivity contribution in [3.8, 4) is 0 Å². The van der Waals surface area contributed by atoms with Crippen molar-refractivity contribution in [2.45, 2.75) is 44.4 Å². The third kappa shape index (κ3) is 2.66. The Morgan fingerprint density at radius 3 is 2.88 bits per heavy atom. The van der Waals surface area contributed by atoms with Crippen molar-refractivity contribution in [3.05, 3.63) is 36.6 Å². The van der Waals surface area contributed by atoms with Gasteiger partial charge in [-0.1, -0.05) is 18.2 Å². The molecule has 2 bridgehead atoms. The minimum absolute atomic E-state index is 0.252. The third-order valence-electron chi connectivity index (χ3n) is 6.12. The maximum absolute atomic E-state index is 12.1. The van der Waals surface area contributed by atoms with E-state index in [1.54, 1.807) is 0 Å². The Labute approximate surface area is 144 Å². The predicted octanol–water partition coefficient (Wildman–Crippen LogP) is 3.07. The smallest absolute Gasteiger partial charge is 0.170 e. The molecule has 0 saturated carbocycles. The van der Waals surface area contributed by atoms with Crippen molar-refractivity contribution in [2.24, 2.45) is 17.8 Å². The number of hydrogen-bond acceptors (Lipinski definition) is 4. The summed E-state index contributed by atoms with van der Waals surface area (Å²) in [5.41, 5.74) is 1.21. The summed E-state index contributed by atoms with van der Waals surface area (Å²) in [6.45, 7) is 8.34. The van der Waals surface area contributed by atoms with Gasteiger partial charge in [-0.05, 0) is 32.1 Å². The van der Waals surface area contributed by atoms with Gasteiger partial charge in [-0.2, -0.15) is 0 Å². The molecule has 0 radical (unpaired) electrons. The lowest BCUT2D eigenvalue weighted by Gasteiger charge is -2.53. The Morgan fingerprint density at radius 2 is 2.17 bits per heavy atom. The summed E-state index contributed by atoms with van der Waals surface area (Å²) in [5.74, 6) is 0.983. The van der Waals surface area contributed by atoms with E-state index < -0.39 is 5.79 Å². The van der Waals surface area contributed by atoms with Gasteiger partial charge in [0.25, 0.3) is 0 Å². The number of allylic oxidation sites excluding steroid dienone is 3. The van der Waals surface area contributed by atoms with Gasteiger partial charge in [0.15, 0.2) is 11.6 Å². The quantitative estimate of drug-likeness (QED) is 0.743. The molecule has 0 aromatic carbocycles. The minimum Gasteiger partial charge on any atom is -0.367 e. The van der Waals surface area contributed by atoms with E-state index in [2.05, 4.69) is 30.6 Å². The molecule has 2 aliphatic carbocycles. The van der Waals surface area contributed by atoms with Gasteiger partial charge in [-0.15, -0.1) is 6.58 Å². The van der Waals surface area contributed by atoms with Gasteiger partial charge in [0.2, 0.25) is 0 Å². The van der Waals surface area contributed by atoms with Crippen LogP contribution in [-0.4, -0.2) is 42.3 Å². The van der Waals surface area contributed by atoms with Crippen LogP contribution >= 0.6 is 0 Å². The first-order valence-electron chi connectivity index (χ1n) is 9.19. The van der Waals surface area contributed by atoms with E-state index in [4.69, 9.17) is 9.47 Å². The number of carbonyl (C=O) groups is 1. The molecule has 5 aliphatic rings. The molecular formula is C20H27NO3. The van der Waals surface area contributed by atoms with Crippen molar-refractivity contribution in [2.75, 3.05) is 19.8 Å². The lowest BCUT2D eigenvalue weighted by molar-refractivity contribution is -0.203. The van der Waals surface area contributed by atoms with Crippen LogP contribution in [0.4, 0.5) is 0 Å². The number of nitrogens with zero attached hydrogens (tertiary/aromatic N) is 1. The first-order chi connectivity index (χ1) is 11.6. The second-order valence-electron chi connectivity index (χ2n) is 7.64. The van der Waals surface area contributed by atoms with E-state index in [-0.39, 0.29) is 11.8 Å². The minimum atomic E-state index is -0.500. The van der Waals surface area contributed by atoms with E-state index in [9.17, 15) is 4.79 Å². The topological polar surface area (TPSA) is 38.8 Å². The van der Waals surface area contributed by atoms with Crippen LogP contribution in [0.15, 0.2) is 36.6 Å². The molecule has 0 aromatic heterocycles. The summed E-state index contributed by atoms with van der Waals surface area (Å²) in [5, 5.41) is 0. The Morgan fingerprint density at radius 1 is 1.38 bits per heavy atom. The van der Waals surface area contributed by atoms with Crippen molar-refractivity contribution < 1.29 is 14.3 Å². The standard InChI is InChI=1S/C20H27NO3/c1-3-4-15-6-7-16(22)12-19(15)21-13-14-5-8-18(21)17(11-14)20(2)23-9-10-24-20/h3,5,8,12,14-15,17-18H,1,4,6-7,9-11,13H2,2H3. The van der Waals surface area contributed by atoms with Crippen LogP contribution in [0.1, 0.15) is 32.6 Å². The van der Waals surface area contributed by atoms with Crippen LogP contribution in [0, 0.1) is 17.8 Å². The summed E-state index contributed by atoms with van der Waals surface area (Å²) in [6.07, 6.45) is 12.1. The molecule has 4 heteroatoms. The van der Waals surface area contributed by atoms with Gasteiger partial charge < -0.3 is 14.4 Å². The maximum Gasteiger partial charge on any atom is 0.170 e. The number of rotatable bonds is 4. The zero-order valence-corrected chi connectivity index (χ0v) is 14.4. The van der Waals surface area contributed by atoms with Crippen molar-refractivity contribution >= 4 is 5.78 Å². The second-order valence-corrected chi connectivity index (χ2v) is 7.64. The van der Waals surface area contributed by atoms with E-state index in [0.29, 0.717) is 37.4 Å². The Hall–Kier alpha value is -1.39. The number of hydrogen-bond donors (Lipinski definition) is 0. The lowest BCUT2D eigenvalue weighted by Crippen LogP contribution is -2.57. The molecule has 3 aliphatic heterocycles. The van der Waals surface area contributed by atoms with E-state index in [1.165, 1.54) is 5.70 Å². The van der Waals surface area contributed by atoms with Gasteiger partial charge in [0.05, 0.1) is 19.3 Å². The third-order valence-corrected chi connectivity index (χ3v) is 6.12. The molecule has 4 unspecified atom stereocenters. The highest BCUT2D eigenvalue weighted by Gasteiger charge is 2.51. The average Bonchev–Trinajstić information content (AvgIpc) is 3.05. The van der Waals surface area contributed by atoms with Gasteiger partial charge in [0, 0.05) is 36.6 Å². The Balaban J connectivity index is 1.64. The fourth-order valence-corrected chi connectivity index (χ4v) is 4.90. The van der Waals surface area contributed by atoms with Gasteiger partial charge >= 0.3 is 0 Å². The fourth-order valence-electron chi connectivity index (χ4n) is 4.90. The molecule has 0 N–H and O–H groups in total. The lowest BCUT2D eigenvalue weighted by atomic mass is 9.72. The number of fused-ring (bicyclic) bond motifs is 2. The fraction of sp³-hybridized carbons (Fsp3) is 0.650. The summed E-state index contributed by atoms with van der Waals surface area (Å²) in [6, 6.07) is 0.252. The molecular weight excluding hydrogens is 302 g/mol. The van der Waals surface area contributed by atoms with Crippen LogP contribution in [0.3, 0.4) is 0 Å². The number of ketones is 1. The zero-order chi connectivity index (χ0) is 16.7. The maximum atomic E-state index is 12.1. The van der Waals surface area contributed by atoms with E-state index in [0.717, 1.165) is 25.8 Å². The summed E-state index contributed by atoms with van der Waals surface area (Å²) in [4.78, 5) is 14.5. The van der Waals surface area contributed by atoms with Crippen molar-refractivity contribution in [1.29, 1.82) is 0 Å². The number of ether oxygens (including phenoxy) is 2. The SMILES string of the molecule is C=CCC1CCC(=O)C=C1N1CC2C=CC1C(C1(C)OCCO1)C2. The highest BCUT2D eigenvalue weighted by molar-refractivity contribution is 5.91. The highest BCUT2D eigenvalue weighted by atomic mass is 16.7. The van der Waals surface area contributed by atoms with Crippen LogP contribution in [0.25, 0.3) is 0 Å². The molecule has 3 heterocycles. The first-order valence-corrected chi connectivity index (χ1v) is 9.19. The Kier molecular flexibility index (Phi) is 4.13. The molecule has 130 valence electrons. The monoisotopic (exact) mass is 329 g/mol. The van der Waals surface area contributed by atoms with E-state index >= 15 is 0 Å². The molecule has 4 atom stereocenters. The average molecular weight is 329 g/mol. The largest absolute Gasteiger partial charge is 0.367 e. The predicted molar refractivity (Wildman–Crippen MR) is 92.2 cm³/mol. The molecule has 0 aromatic rings. The van der Waals surface area contributed by atoms with Gasteiger partial charge in [-0.3, -0.25) is 4.79 Å². The van der Waals surface area contributed by atoms with E-state index in [1.807, 2.05) is 12.2 Å². The van der Waals surface area contributed by atoms with Crippen LogP contribution in [-0.2, 0) is 14.3 Å². The number of piperidine rings is 1. The molecule has 0 amide bonds. The molecule has 5 rings (SSSR count). The summed E-state index contributed by atoms with van der Waals surface area (Å²) in [7, 11) is 0. The Bertz CT molecular complexity index is 588. The van der Waals surface area contributed by atoms with Crippen LogP contribution in [0.5, 0.6) is 0 Å². The normalized spacial score (nSPS) is 37.6. The molecule has 0 spiro atoms. The molecule has 2 saturated heterocycles. The van der Waals surface area contributed by atoms with Gasteiger partial charge in [-0.25, -0.2) is 0 Å². The summed E-state index contributed by atoms with van der Waals surface area (Å²) < 4.78 is 12.0. The summed E-state index contributed by atoms with van der Waals surface area (Å²) >= 11 is 0.